The predicted molar refractivity (Wildman–Crippen MR) is 81.8 cm³/mol. The van der Waals surface area contributed by atoms with E-state index in [-0.39, 0.29) is 18.9 Å². The van der Waals surface area contributed by atoms with Gasteiger partial charge in [-0.15, -0.1) is 0 Å². The van der Waals surface area contributed by atoms with Gasteiger partial charge in [0.05, 0.1) is 6.61 Å². The highest BCUT2D eigenvalue weighted by Crippen LogP contribution is 2.17. The van der Waals surface area contributed by atoms with Gasteiger partial charge in [0.1, 0.15) is 0 Å². The van der Waals surface area contributed by atoms with E-state index in [1.807, 2.05) is 13.8 Å². The van der Waals surface area contributed by atoms with Gasteiger partial charge in [0, 0.05) is 0 Å². The van der Waals surface area contributed by atoms with Gasteiger partial charge >= 0.3 is 5.97 Å². The van der Waals surface area contributed by atoms with Crippen molar-refractivity contribution < 1.29 is 22.2 Å². The molecule has 0 saturated carbocycles. The lowest BCUT2D eigenvalue weighted by atomic mass is 10.0. The molecular weight excluding hydrogens is 294 g/mol. The third-order valence-corrected chi connectivity index (χ3v) is 4.96. The zero-order chi connectivity index (χ0) is 16.3. The first-order valence-corrected chi connectivity index (χ1v) is 9.18. The number of carbonyl (C=O) groups is 1. The topological polar surface area (TPSA) is 95.7 Å². The highest BCUT2D eigenvalue weighted by atomic mass is 32.2. The van der Waals surface area contributed by atoms with Gasteiger partial charge in [-0.3, -0.25) is 4.79 Å². The van der Waals surface area contributed by atoms with Gasteiger partial charge in [0.2, 0.25) is 0 Å². The second kappa shape index (κ2) is 11.0. The van der Waals surface area contributed by atoms with Crippen LogP contribution in [0.5, 0.6) is 0 Å². The molecule has 0 saturated heterocycles. The number of carbonyl (C=O) groups excluding carboxylic acids is 1. The average molecular weight is 323 g/mol. The monoisotopic (exact) mass is 323 g/mol. The number of hydrogen-bond acceptors (Lipinski definition) is 6. The van der Waals surface area contributed by atoms with Gasteiger partial charge in [-0.1, -0.05) is 52.9 Å². The minimum absolute atomic E-state index is 0.167. The van der Waals surface area contributed by atoms with E-state index >= 15 is 0 Å². The molecule has 0 aromatic rings. The summed E-state index contributed by atoms with van der Waals surface area (Å²) < 4.78 is 32.5. The third kappa shape index (κ3) is 7.78. The van der Waals surface area contributed by atoms with E-state index in [4.69, 9.17) is 10.6 Å². The molecule has 0 aromatic heterocycles. The van der Waals surface area contributed by atoms with Crippen molar-refractivity contribution in [3.63, 3.8) is 0 Å². The second-order valence-electron chi connectivity index (χ2n) is 5.27. The molecule has 6 nitrogen and oxygen atoms in total. The van der Waals surface area contributed by atoms with Gasteiger partial charge in [-0.05, 0) is 18.8 Å². The summed E-state index contributed by atoms with van der Waals surface area (Å²) in [5, 5.41) is -1.33. The fourth-order valence-electron chi connectivity index (χ4n) is 2.03. The number of hydrogen-bond donors (Lipinski definition) is 1. The Hall–Kier alpha value is -0.660. The van der Waals surface area contributed by atoms with Gasteiger partial charge in [0.15, 0.2) is 5.25 Å². The second-order valence-corrected chi connectivity index (χ2v) is 7.01. The first-order valence-electron chi connectivity index (χ1n) is 7.71. The molecule has 2 N–H and O–H groups in total. The van der Waals surface area contributed by atoms with Crippen molar-refractivity contribution in [3.05, 3.63) is 0 Å². The number of nitrogens with two attached hydrogens (primary N) is 1. The lowest BCUT2D eigenvalue weighted by Crippen LogP contribution is -2.35. The van der Waals surface area contributed by atoms with E-state index in [0.29, 0.717) is 6.42 Å². The summed E-state index contributed by atoms with van der Waals surface area (Å²) in [6, 6.07) is 0. The summed E-state index contributed by atoms with van der Waals surface area (Å²) in [7, 11) is -4.10. The lowest BCUT2D eigenvalue weighted by Gasteiger charge is -2.18. The molecule has 0 aliphatic rings. The summed E-state index contributed by atoms with van der Waals surface area (Å²) in [6.45, 7) is 6.29. The maximum Gasteiger partial charge on any atom is 0.326 e. The summed E-state index contributed by atoms with van der Waals surface area (Å²) in [4.78, 5) is 12.0. The first-order chi connectivity index (χ1) is 9.92. The number of esters is 1. The number of rotatable bonds is 12. The maximum atomic E-state index is 12.0. The largest absolute Gasteiger partial charge is 0.464 e. The predicted octanol–water partition coefficient (Wildman–Crippen LogP) is 2.52. The van der Waals surface area contributed by atoms with Crippen molar-refractivity contribution in [2.45, 2.75) is 71.0 Å². The molecule has 0 spiro atoms. The Bertz CT molecular complexity index is 383. The lowest BCUT2D eigenvalue weighted by molar-refractivity contribution is -0.145. The fraction of sp³-hybridized carbons (Fsp3) is 0.929. The van der Waals surface area contributed by atoms with Crippen LogP contribution in [0.3, 0.4) is 0 Å². The molecule has 0 fully saturated rings. The fourth-order valence-corrected chi connectivity index (χ4v) is 2.92. The standard InChI is InChI=1S/C14H29NO5S/c1-4-7-9-12(6-3)11-19-14(16)13(10-8-5-2)21(17,18)20-15/h12-13H,4-11,15H2,1-3H3. The van der Waals surface area contributed by atoms with Crippen LogP contribution in [0.4, 0.5) is 0 Å². The molecule has 0 rings (SSSR count). The van der Waals surface area contributed by atoms with Crippen molar-refractivity contribution >= 4 is 16.1 Å². The van der Waals surface area contributed by atoms with E-state index in [1.54, 1.807) is 0 Å². The number of unbranched alkanes of at least 4 members (excludes halogenated alkanes) is 2. The van der Waals surface area contributed by atoms with Crippen molar-refractivity contribution in [3.8, 4) is 0 Å². The average Bonchev–Trinajstić information content (AvgIpc) is 2.47. The van der Waals surface area contributed by atoms with E-state index in [1.165, 1.54) is 0 Å². The Morgan fingerprint density at radius 1 is 1.10 bits per heavy atom. The third-order valence-electron chi connectivity index (χ3n) is 3.57. The van der Waals surface area contributed by atoms with Crippen LogP contribution in [0.2, 0.25) is 0 Å². The maximum absolute atomic E-state index is 12.0. The van der Waals surface area contributed by atoms with E-state index in [2.05, 4.69) is 11.2 Å². The van der Waals surface area contributed by atoms with Gasteiger partial charge in [-0.25, -0.2) is 0 Å². The molecule has 0 aromatic carbocycles. The normalized spacial score (nSPS) is 14.7. The SMILES string of the molecule is CCCCC(CC)COC(=O)C(CCCC)S(=O)(=O)ON. The zero-order valence-electron chi connectivity index (χ0n) is 13.3. The van der Waals surface area contributed by atoms with Crippen molar-refractivity contribution in [1.82, 2.24) is 0 Å². The summed E-state index contributed by atoms with van der Waals surface area (Å²) >= 11 is 0. The van der Waals surface area contributed by atoms with E-state index in [0.717, 1.165) is 32.1 Å². The van der Waals surface area contributed by atoms with Crippen LogP contribution in [0.15, 0.2) is 0 Å². The minimum atomic E-state index is -4.10. The smallest absolute Gasteiger partial charge is 0.326 e. The Labute approximate surface area is 128 Å². The summed E-state index contributed by atoms with van der Waals surface area (Å²) in [5.74, 6) is 4.27. The van der Waals surface area contributed by atoms with Crippen LogP contribution in [-0.2, 0) is 23.9 Å². The molecule has 126 valence electrons. The molecule has 0 radical (unpaired) electrons. The quantitative estimate of drug-likeness (QED) is 0.438. The molecule has 2 unspecified atom stereocenters. The zero-order valence-corrected chi connectivity index (χ0v) is 14.2. The van der Waals surface area contributed by atoms with Crippen molar-refractivity contribution in [2.24, 2.45) is 11.8 Å². The number of ether oxygens (including phenoxy) is 1. The molecule has 2 atom stereocenters. The molecule has 0 bridgehead atoms. The van der Waals surface area contributed by atoms with Gasteiger partial charge in [-0.2, -0.15) is 18.6 Å². The molecule has 0 heterocycles. The molecule has 7 heteroatoms. The summed E-state index contributed by atoms with van der Waals surface area (Å²) in [5.41, 5.74) is 0. The molecular formula is C14H29NO5S. The van der Waals surface area contributed by atoms with Crippen LogP contribution >= 0.6 is 0 Å². The van der Waals surface area contributed by atoms with E-state index in [9.17, 15) is 13.2 Å². The Kier molecular flexibility index (Phi) is 10.6. The van der Waals surface area contributed by atoms with Crippen LogP contribution in [-0.4, -0.2) is 26.2 Å². The first kappa shape index (κ1) is 20.3. The van der Waals surface area contributed by atoms with Gasteiger partial charge < -0.3 is 4.74 Å². The molecule has 0 aliphatic heterocycles. The minimum Gasteiger partial charge on any atom is -0.464 e. The Morgan fingerprint density at radius 2 is 1.67 bits per heavy atom. The van der Waals surface area contributed by atoms with Crippen LogP contribution in [0.1, 0.15) is 65.7 Å². The van der Waals surface area contributed by atoms with Crippen molar-refractivity contribution in [2.75, 3.05) is 6.61 Å². The highest BCUT2D eigenvalue weighted by molar-refractivity contribution is 7.88. The molecule has 0 aliphatic carbocycles. The van der Waals surface area contributed by atoms with E-state index < -0.39 is 21.3 Å². The summed E-state index contributed by atoms with van der Waals surface area (Å²) in [6.07, 6.45) is 5.56. The molecule has 0 amide bonds. The Balaban J connectivity index is 4.59. The van der Waals surface area contributed by atoms with Crippen molar-refractivity contribution in [1.29, 1.82) is 0 Å². The van der Waals surface area contributed by atoms with Crippen LogP contribution < -0.4 is 5.90 Å². The molecule has 21 heavy (non-hydrogen) atoms. The Morgan fingerprint density at radius 3 is 2.14 bits per heavy atom. The van der Waals surface area contributed by atoms with Gasteiger partial charge in [0.25, 0.3) is 10.1 Å². The van der Waals surface area contributed by atoms with Crippen LogP contribution in [0.25, 0.3) is 0 Å². The van der Waals surface area contributed by atoms with Crippen LogP contribution in [0, 0.1) is 5.92 Å². The highest BCUT2D eigenvalue weighted by Gasteiger charge is 2.34.